The highest BCUT2D eigenvalue weighted by Crippen LogP contribution is 2.23. The summed E-state index contributed by atoms with van der Waals surface area (Å²) in [5.74, 6) is 0.319. The van der Waals surface area contributed by atoms with Crippen LogP contribution in [-0.4, -0.2) is 70.9 Å². The highest BCUT2D eigenvalue weighted by molar-refractivity contribution is 6.30. The average molecular weight is 448 g/mol. The highest BCUT2D eigenvalue weighted by atomic mass is 35.5. The number of halogens is 1. The van der Waals surface area contributed by atoms with Crippen LogP contribution in [0.15, 0.2) is 60.9 Å². The monoisotopic (exact) mass is 447 g/mol. The van der Waals surface area contributed by atoms with E-state index in [1.165, 1.54) is 4.90 Å². The van der Waals surface area contributed by atoms with Crippen LogP contribution in [0, 0.1) is 0 Å². The molecule has 1 fully saturated rings. The van der Waals surface area contributed by atoms with Crippen LogP contribution in [0.5, 0.6) is 0 Å². The Hall–Kier alpha value is -3.29. The molecule has 2 amide bonds. The van der Waals surface area contributed by atoms with E-state index in [1.807, 2.05) is 36.7 Å². The summed E-state index contributed by atoms with van der Waals surface area (Å²) in [5.41, 5.74) is 2.98. The van der Waals surface area contributed by atoms with Gasteiger partial charge in [-0.15, -0.1) is 0 Å². The molecule has 0 N–H and O–H groups in total. The number of fused-ring (bicyclic) bond motifs is 1. The van der Waals surface area contributed by atoms with Crippen molar-refractivity contribution < 1.29 is 9.59 Å². The van der Waals surface area contributed by atoms with Gasteiger partial charge in [-0.1, -0.05) is 35.9 Å². The third-order valence-electron chi connectivity index (χ3n) is 5.99. The van der Waals surface area contributed by atoms with E-state index in [-0.39, 0.29) is 11.8 Å². The fourth-order valence-corrected chi connectivity index (χ4v) is 4.26. The maximum absolute atomic E-state index is 12.5. The van der Waals surface area contributed by atoms with Crippen molar-refractivity contribution in [3.8, 4) is 11.1 Å². The van der Waals surface area contributed by atoms with Crippen LogP contribution in [0.2, 0.25) is 5.02 Å². The van der Waals surface area contributed by atoms with Crippen molar-refractivity contribution in [1.29, 1.82) is 0 Å². The Balaban J connectivity index is 1.14. The number of hydrogen-bond acceptors (Lipinski definition) is 6. The lowest BCUT2D eigenvalue weighted by atomic mass is 10.1. The molecule has 0 bridgehead atoms. The van der Waals surface area contributed by atoms with Crippen molar-refractivity contribution in [3.05, 3.63) is 77.1 Å². The summed E-state index contributed by atoms with van der Waals surface area (Å²) in [5, 5.41) is 0.701. The van der Waals surface area contributed by atoms with Crippen LogP contribution >= 0.6 is 11.6 Å². The summed E-state index contributed by atoms with van der Waals surface area (Å²) < 4.78 is 0. The van der Waals surface area contributed by atoms with Crippen molar-refractivity contribution in [3.63, 3.8) is 0 Å². The molecular weight excluding hydrogens is 426 g/mol. The lowest BCUT2D eigenvalue weighted by Crippen LogP contribution is -2.49. The number of carbonyl (C=O) groups excluding carboxylic acids is 2. The molecule has 0 unspecified atom stereocenters. The number of rotatable bonds is 5. The number of piperazine rings is 1. The van der Waals surface area contributed by atoms with E-state index >= 15 is 0 Å². The summed E-state index contributed by atoms with van der Waals surface area (Å²) >= 11 is 5.95. The van der Waals surface area contributed by atoms with Gasteiger partial charge >= 0.3 is 0 Å². The Labute approximate surface area is 191 Å². The van der Waals surface area contributed by atoms with Crippen molar-refractivity contribution >= 4 is 29.4 Å². The van der Waals surface area contributed by atoms with Crippen LogP contribution in [0.1, 0.15) is 20.7 Å². The predicted octanol–water partition coefficient (Wildman–Crippen LogP) is 3.22. The molecule has 0 spiro atoms. The molecule has 1 saturated heterocycles. The van der Waals surface area contributed by atoms with Crippen molar-refractivity contribution in [2.75, 3.05) is 44.2 Å². The largest absolute Gasteiger partial charge is 0.338 e. The highest BCUT2D eigenvalue weighted by Gasteiger charge is 2.35. The Bertz CT molecular complexity index is 1110. The number of aromatic nitrogens is 2. The Kier molecular flexibility index (Phi) is 5.59. The molecule has 2 aliphatic rings. The van der Waals surface area contributed by atoms with Crippen LogP contribution < -0.4 is 4.90 Å². The molecule has 0 aliphatic carbocycles. The summed E-state index contributed by atoms with van der Waals surface area (Å²) in [6.45, 7) is 4.30. The predicted molar refractivity (Wildman–Crippen MR) is 123 cm³/mol. The quantitative estimate of drug-likeness (QED) is 0.559. The SMILES string of the molecule is O=C1c2ccccc2C(=O)N1CCN1CCN(c2ncc(-c3ccc(Cl)cc3)cn2)CC1. The smallest absolute Gasteiger partial charge is 0.261 e. The van der Waals surface area contributed by atoms with E-state index < -0.39 is 0 Å². The number of amides is 2. The number of benzene rings is 2. The first-order valence-electron chi connectivity index (χ1n) is 10.6. The molecule has 0 saturated carbocycles. The van der Waals surface area contributed by atoms with Gasteiger partial charge in [-0.3, -0.25) is 19.4 Å². The first kappa shape index (κ1) is 20.6. The van der Waals surface area contributed by atoms with Crippen LogP contribution in [0.4, 0.5) is 5.95 Å². The van der Waals surface area contributed by atoms with Crippen molar-refractivity contribution in [2.24, 2.45) is 0 Å². The van der Waals surface area contributed by atoms with E-state index in [4.69, 9.17) is 11.6 Å². The minimum Gasteiger partial charge on any atom is -0.338 e. The average Bonchev–Trinajstić information content (AvgIpc) is 3.08. The molecule has 162 valence electrons. The molecule has 0 radical (unpaired) electrons. The van der Waals surface area contributed by atoms with Gasteiger partial charge in [0.05, 0.1) is 11.1 Å². The lowest BCUT2D eigenvalue weighted by molar-refractivity contribution is 0.0635. The second-order valence-corrected chi connectivity index (χ2v) is 8.35. The fourth-order valence-electron chi connectivity index (χ4n) is 4.13. The van der Waals surface area contributed by atoms with Crippen LogP contribution in [-0.2, 0) is 0 Å². The summed E-state index contributed by atoms with van der Waals surface area (Å²) in [6, 6.07) is 14.6. The van der Waals surface area contributed by atoms with Gasteiger partial charge in [0.1, 0.15) is 0 Å². The van der Waals surface area contributed by atoms with Crippen molar-refractivity contribution in [2.45, 2.75) is 0 Å². The molecule has 8 heteroatoms. The van der Waals surface area contributed by atoms with E-state index in [9.17, 15) is 9.59 Å². The first-order chi connectivity index (χ1) is 15.6. The normalized spacial score (nSPS) is 16.5. The van der Waals surface area contributed by atoms with Gasteiger partial charge in [0.25, 0.3) is 11.8 Å². The number of nitrogens with zero attached hydrogens (tertiary/aromatic N) is 5. The number of hydrogen-bond donors (Lipinski definition) is 0. The number of imide groups is 1. The van der Waals surface area contributed by atoms with Gasteiger partial charge in [-0.05, 0) is 29.8 Å². The molecular formula is C24H22ClN5O2. The van der Waals surface area contributed by atoms with E-state index in [1.54, 1.807) is 24.3 Å². The molecule has 7 nitrogen and oxygen atoms in total. The Morgan fingerprint density at radius 3 is 1.94 bits per heavy atom. The second-order valence-electron chi connectivity index (χ2n) is 7.91. The first-order valence-corrected chi connectivity index (χ1v) is 11.0. The number of carbonyl (C=O) groups is 2. The lowest BCUT2D eigenvalue weighted by Gasteiger charge is -2.35. The second kappa shape index (κ2) is 8.68. The molecule has 3 heterocycles. The van der Waals surface area contributed by atoms with Gasteiger partial charge in [0.2, 0.25) is 5.95 Å². The van der Waals surface area contributed by atoms with E-state index in [0.717, 1.165) is 37.3 Å². The fraction of sp³-hybridized carbons (Fsp3) is 0.250. The zero-order valence-corrected chi connectivity index (χ0v) is 18.2. The van der Waals surface area contributed by atoms with E-state index in [0.29, 0.717) is 35.2 Å². The third-order valence-corrected chi connectivity index (χ3v) is 6.24. The summed E-state index contributed by atoms with van der Waals surface area (Å²) in [7, 11) is 0. The maximum atomic E-state index is 12.5. The Morgan fingerprint density at radius 1 is 0.750 bits per heavy atom. The minimum absolute atomic E-state index is 0.196. The van der Waals surface area contributed by atoms with Crippen LogP contribution in [0.3, 0.4) is 0 Å². The van der Waals surface area contributed by atoms with Gasteiger partial charge in [0.15, 0.2) is 0 Å². The van der Waals surface area contributed by atoms with Crippen LogP contribution in [0.25, 0.3) is 11.1 Å². The maximum Gasteiger partial charge on any atom is 0.261 e. The van der Waals surface area contributed by atoms with Gasteiger partial charge < -0.3 is 4.90 Å². The minimum atomic E-state index is -0.196. The molecule has 1 aromatic heterocycles. The van der Waals surface area contributed by atoms with Gasteiger partial charge in [-0.2, -0.15) is 0 Å². The van der Waals surface area contributed by atoms with Gasteiger partial charge in [-0.25, -0.2) is 9.97 Å². The Morgan fingerprint density at radius 2 is 1.34 bits per heavy atom. The molecule has 3 aromatic rings. The number of anilines is 1. The molecule has 2 aliphatic heterocycles. The van der Waals surface area contributed by atoms with Gasteiger partial charge in [0, 0.05) is 62.2 Å². The molecule has 32 heavy (non-hydrogen) atoms. The summed E-state index contributed by atoms with van der Waals surface area (Å²) in [4.78, 5) is 39.9. The van der Waals surface area contributed by atoms with Crippen molar-refractivity contribution in [1.82, 2.24) is 19.8 Å². The topological polar surface area (TPSA) is 69.6 Å². The third kappa shape index (κ3) is 3.97. The standard InChI is InChI=1S/C24H22ClN5O2/c25-19-7-5-17(6-8-19)18-15-26-24(27-16-18)29-12-9-28(10-13-29)11-14-30-22(31)20-3-1-2-4-21(20)23(30)32/h1-8,15-16H,9-14H2. The van der Waals surface area contributed by atoms with E-state index in [2.05, 4.69) is 19.8 Å². The molecule has 0 atom stereocenters. The molecule has 2 aromatic carbocycles. The zero-order chi connectivity index (χ0) is 22.1. The molecule has 5 rings (SSSR count). The summed E-state index contributed by atoms with van der Waals surface area (Å²) in [6.07, 6.45) is 3.67. The zero-order valence-electron chi connectivity index (χ0n) is 17.4.